The SMILES string of the molecule is C=CC(c1ccccc1)[P+](CCC)(CCC)CCC. The Morgan fingerprint density at radius 2 is 1.42 bits per heavy atom. The van der Waals surface area contributed by atoms with Crippen molar-refractivity contribution in [2.45, 2.75) is 45.7 Å². The lowest BCUT2D eigenvalue weighted by Crippen LogP contribution is -2.14. The molecule has 0 spiro atoms. The molecule has 1 rings (SSSR count). The summed E-state index contributed by atoms with van der Waals surface area (Å²) < 4.78 is 0. The molecule has 0 saturated heterocycles. The summed E-state index contributed by atoms with van der Waals surface area (Å²) in [6.07, 6.45) is 10.4. The molecule has 1 heteroatoms. The van der Waals surface area contributed by atoms with Crippen LogP contribution in [-0.2, 0) is 0 Å². The van der Waals surface area contributed by atoms with Crippen LogP contribution in [-0.4, -0.2) is 18.5 Å². The van der Waals surface area contributed by atoms with Crippen molar-refractivity contribution in [2.75, 3.05) is 18.5 Å². The molecule has 0 aliphatic heterocycles. The molecule has 0 amide bonds. The minimum absolute atomic E-state index is 0.605. The van der Waals surface area contributed by atoms with Gasteiger partial charge in [0.05, 0.1) is 18.5 Å². The third kappa shape index (κ3) is 4.18. The predicted molar refractivity (Wildman–Crippen MR) is 91.8 cm³/mol. The largest absolute Gasteiger partial charge is 0.112 e. The summed E-state index contributed by atoms with van der Waals surface area (Å²) in [4.78, 5) is 0. The molecule has 19 heavy (non-hydrogen) atoms. The van der Waals surface area contributed by atoms with Crippen molar-refractivity contribution in [3.05, 3.63) is 48.6 Å². The third-order valence-corrected chi connectivity index (χ3v) is 9.66. The summed E-state index contributed by atoms with van der Waals surface area (Å²) in [5, 5.41) is 0. The predicted octanol–water partition coefficient (Wildman–Crippen LogP) is 6.16. The van der Waals surface area contributed by atoms with Gasteiger partial charge in [-0.25, -0.2) is 0 Å². The fourth-order valence-electron chi connectivity index (χ4n) is 3.41. The van der Waals surface area contributed by atoms with Gasteiger partial charge in [-0.1, -0.05) is 57.7 Å². The molecule has 0 aromatic heterocycles. The first-order valence-corrected chi connectivity index (χ1v) is 10.2. The van der Waals surface area contributed by atoms with Crippen molar-refractivity contribution in [3.63, 3.8) is 0 Å². The standard InChI is InChI=1S/C18H30P/c1-5-14-19(15-6-2,16-7-3)18(8-4)17-12-10-9-11-13-17/h8-13,18H,4-7,14-16H2,1-3H3/q+1. The van der Waals surface area contributed by atoms with Crippen LogP contribution in [0.5, 0.6) is 0 Å². The zero-order chi connectivity index (χ0) is 14.1. The van der Waals surface area contributed by atoms with Crippen molar-refractivity contribution in [2.24, 2.45) is 0 Å². The number of allylic oxidation sites excluding steroid dienone is 1. The van der Waals surface area contributed by atoms with Gasteiger partial charge in [0.25, 0.3) is 0 Å². The van der Waals surface area contributed by atoms with E-state index in [1.807, 2.05) is 0 Å². The molecule has 106 valence electrons. The van der Waals surface area contributed by atoms with E-state index < -0.39 is 7.26 Å². The third-order valence-electron chi connectivity index (χ3n) is 3.96. The van der Waals surface area contributed by atoms with Crippen molar-refractivity contribution >= 4 is 7.26 Å². The quantitative estimate of drug-likeness (QED) is 0.374. The Morgan fingerprint density at radius 3 is 1.79 bits per heavy atom. The highest BCUT2D eigenvalue weighted by molar-refractivity contribution is 7.76. The van der Waals surface area contributed by atoms with E-state index >= 15 is 0 Å². The van der Waals surface area contributed by atoms with Crippen LogP contribution in [0.2, 0.25) is 0 Å². The maximum atomic E-state index is 4.18. The van der Waals surface area contributed by atoms with Crippen LogP contribution in [0.4, 0.5) is 0 Å². The topological polar surface area (TPSA) is 0 Å². The van der Waals surface area contributed by atoms with Gasteiger partial charge >= 0.3 is 0 Å². The Kier molecular flexibility index (Phi) is 7.39. The first kappa shape index (κ1) is 16.4. The van der Waals surface area contributed by atoms with E-state index in [0.717, 1.165) is 0 Å². The Bertz CT molecular complexity index is 338. The minimum Gasteiger partial charge on any atom is -0.0989 e. The second kappa shape index (κ2) is 8.54. The maximum Gasteiger partial charge on any atom is 0.112 e. The van der Waals surface area contributed by atoms with Crippen molar-refractivity contribution < 1.29 is 0 Å². The van der Waals surface area contributed by atoms with Crippen LogP contribution in [0.1, 0.15) is 51.3 Å². The molecule has 0 fully saturated rings. The van der Waals surface area contributed by atoms with Gasteiger partial charge in [-0.05, 0) is 30.9 Å². The Balaban J connectivity index is 3.14. The van der Waals surface area contributed by atoms with Crippen molar-refractivity contribution in [1.82, 2.24) is 0 Å². The highest BCUT2D eigenvalue weighted by Crippen LogP contribution is 2.71. The second-order valence-corrected chi connectivity index (χ2v) is 9.82. The summed E-state index contributed by atoms with van der Waals surface area (Å²) in [6, 6.07) is 11.0. The van der Waals surface area contributed by atoms with Gasteiger partial charge in [-0.2, -0.15) is 0 Å². The lowest BCUT2D eigenvalue weighted by Gasteiger charge is -2.33. The average Bonchev–Trinajstić information content (AvgIpc) is 2.41. The zero-order valence-corrected chi connectivity index (χ0v) is 13.8. The minimum atomic E-state index is -0.946. The molecular formula is C18H30P+. The maximum absolute atomic E-state index is 4.18. The van der Waals surface area contributed by atoms with E-state index in [9.17, 15) is 0 Å². The van der Waals surface area contributed by atoms with Crippen LogP contribution < -0.4 is 0 Å². The molecule has 0 aliphatic rings. The van der Waals surface area contributed by atoms with E-state index in [-0.39, 0.29) is 0 Å². The summed E-state index contributed by atoms with van der Waals surface area (Å²) in [5.41, 5.74) is 2.09. The zero-order valence-electron chi connectivity index (χ0n) is 12.9. The van der Waals surface area contributed by atoms with E-state index in [0.29, 0.717) is 5.66 Å². The molecule has 0 bridgehead atoms. The number of rotatable bonds is 9. The Hall–Kier alpha value is -0.610. The summed E-state index contributed by atoms with van der Waals surface area (Å²) in [7, 11) is -0.946. The van der Waals surface area contributed by atoms with Gasteiger partial charge in [0, 0.05) is 7.26 Å². The molecule has 0 nitrogen and oxygen atoms in total. The first-order valence-electron chi connectivity index (χ1n) is 7.77. The average molecular weight is 277 g/mol. The van der Waals surface area contributed by atoms with Crippen LogP contribution in [0.3, 0.4) is 0 Å². The lowest BCUT2D eigenvalue weighted by molar-refractivity contribution is 0.962. The van der Waals surface area contributed by atoms with Gasteiger partial charge in [0.15, 0.2) is 0 Å². The monoisotopic (exact) mass is 277 g/mol. The fraction of sp³-hybridized carbons (Fsp3) is 0.556. The molecule has 0 N–H and O–H groups in total. The number of benzene rings is 1. The fourth-order valence-corrected chi connectivity index (χ4v) is 8.84. The van der Waals surface area contributed by atoms with Crippen LogP contribution in [0, 0.1) is 0 Å². The van der Waals surface area contributed by atoms with Gasteiger partial charge in [-0.3, -0.25) is 0 Å². The van der Waals surface area contributed by atoms with Crippen molar-refractivity contribution in [3.8, 4) is 0 Å². The molecule has 1 aromatic carbocycles. The normalized spacial score (nSPS) is 13.2. The van der Waals surface area contributed by atoms with Crippen LogP contribution in [0.25, 0.3) is 0 Å². The van der Waals surface area contributed by atoms with Gasteiger partial charge < -0.3 is 0 Å². The smallest absolute Gasteiger partial charge is 0.0989 e. The van der Waals surface area contributed by atoms with Gasteiger partial charge in [-0.15, -0.1) is 0 Å². The molecule has 0 heterocycles. The lowest BCUT2D eigenvalue weighted by atomic mass is 10.1. The molecule has 0 saturated carbocycles. The molecule has 0 radical (unpaired) electrons. The Morgan fingerprint density at radius 1 is 0.947 bits per heavy atom. The molecular weight excluding hydrogens is 247 g/mol. The summed E-state index contributed by atoms with van der Waals surface area (Å²) >= 11 is 0. The summed E-state index contributed by atoms with van der Waals surface area (Å²) in [6.45, 7) is 11.2. The van der Waals surface area contributed by atoms with Crippen LogP contribution >= 0.6 is 7.26 Å². The summed E-state index contributed by atoms with van der Waals surface area (Å²) in [5.74, 6) is 0. The van der Waals surface area contributed by atoms with E-state index in [4.69, 9.17) is 0 Å². The molecule has 1 unspecified atom stereocenters. The molecule has 1 aromatic rings. The first-order chi connectivity index (χ1) is 9.24. The van der Waals surface area contributed by atoms with E-state index in [1.165, 1.54) is 43.3 Å². The van der Waals surface area contributed by atoms with Gasteiger partial charge in [0.2, 0.25) is 0 Å². The number of hydrogen-bond donors (Lipinski definition) is 0. The van der Waals surface area contributed by atoms with E-state index in [1.54, 1.807) is 0 Å². The number of hydrogen-bond acceptors (Lipinski definition) is 0. The van der Waals surface area contributed by atoms with Crippen LogP contribution in [0.15, 0.2) is 43.0 Å². The second-order valence-electron chi connectivity index (χ2n) is 5.48. The van der Waals surface area contributed by atoms with E-state index in [2.05, 4.69) is 63.8 Å². The molecule has 0 aliphatic carbocycles. The Labute approximate surface area is 120 Å². The van der Waals surface area contributed by atoms with Crippen molar-refractivity contribution in [1.29, 1.82) is 0 Å². The van der Waals surface area contributed by atoms with Gasteiger partial charge in [0.1, 0.15) is 5.66 Å². The molecule has 1 atom stereocenters. The highest BCUT2D eigenvalue weighted by Gasteiger charge is 2.42. The highest BCUT2D eigenvalue weighted by atomic mass is 31.2.